The summed E-state index contributed by atoms with van der Waals surface area (Å²) < 4.78 is 0. The highest BCUT2D eigenvalue weighted by atomic mass is 32.2. The third-order valence-electron chi connectivity index (χ3n) is 3.25. The molecule has 2 N–H and O–H groups in total. The number of thioether (sulfide) groups is 1. The molecule has 1 atom stereocenters. The van der Waals surface area contributed by atoms with Gasteiger partial charge in [-0.1, -0.05) is 0 Å². The number of aromatic nitrogens is 2. The summed E-state index contributed by atoms with van der Waals surface area (Å²) in [5, 5.41) is 6.87. The van der Waals surface area contributed by atoms with Crippen molar-refractivity contribution >= 4 is 23.4 Å². The van der Waals surface area contributed by atoms with Crippen molar-refractivity contribution in [3.63, 3.8) is 0 Å². The maximum Gasteiger partial charge on any atom is 0.136 e. The highest BCUT2D eigenvalue weighted by molar-refractivity contribution is 7.98. The Labute approximate surface area is 120 Å². The maximum absolute atomic E-state index is 4.73. The largest absolute Gasteiger partial charge is 0.370 e. The second kappa shape index (κ2) is 6.46. The fourth-order valence-corrected chi connectivity index (χ4v) is 2.65. The molecule has 106 valence electrons. The molecular formula is C14H24N4S. The van der Waals surface area contributed by atoms with Crippen molar-refractivity contribution < 1.29 is 0 Å². The lowest BCUT2D eigenvalue weighted by Gasteiger charge is -2.18. The van der Waals surface area contributed by atoms with Crippen molar-refractivity contribution in [2.75, 3.05) is 29.2 Å². The molecule has 1 aliphatic carbocycles. The Hall–Kier alpha value is -0.970. The first-order valence-corrected chi connectivity index (χ1v) is 8.43. The van der Waals surface area contributed by atoms with E-state index in [0.29, 0.717) is 12.0 Å². The van der Waals surface area contributed by atoms with E-state index in [2.05, 4.69) is 42.6 Å². The van der Waals surface area contributed by atoms with Gasteiger partial charge < -0.3 is 10.6 Å². The molecule has 19 heavy (non-hydrogen) atoms. The van der Waals surface area contributed by atoms with E-state index < -0.39 is 0 Å². The number of hydrogen-bond donors (Lipinski definition) is 2. The summed E-state index contributed by atoms with van der Waals surface area (Å²) in [5.74, 6) is 4.64. The van der Waals surface area contributed by atoms with Gasteiger partial charge >= 0.3 is 0 Å². The average molecular weight is 280 g/mol. The molecule has 0 saturated heterocycles. The van der Waals surface area contributed by atoms with Gasteiger partial charge in [-0.2, -0.15) is 11.8 Å². The Bertz CT molecular complexity index is 432. The average Bonchev–Trinajstić information content (AvgIpc) is 3.18. The van der Waals surface area contributed by atoms with Crippen LogP contribution in [0.2, 0.25) is 0 Å². The van der Waals surface area contributed by atoms with Crippen LogP contribution in [0.4, 0.5) is 11.6 Å². The zero-order valence-corrected chi connectivity index (χ0v) is 13.1. The predicted octanol–water partition coefficient (Wildman–Crippen LogP) is 3.26. The molecule has 2 rings (SSSR count). The molecule has 0 radical (unpaired) electrons. The van der Waals surface area contributed by atoms with Crippen LogP contribution in [0.3, 0.4) is 0 Å². The van der Waals surface area contributed by atoms with Gasteiger partial charge in [0.25, 0.3) is 0 Å². The van der Waals surface area contributed by atoms with Gasteiger partial charge in [-0.15, -0.1) is 0 Å². The molecule has 1 aromatic heterocycles. The molecule has 0 bridgehead atoms. The molecule has 0 aromatic carbocycles. The quantitative estimate of drug-likeness (QED) is 0.803. The molecule has 0 amide bonds. The molecule has 4 nitrogen and oxygen atoms in total. The second-order valence-electron chi connectivity index (χ2n) is 5.21. The minimum Gasteiger partial charge on any atom is -0.370 e. The summed E-state index contributed by atoms with van der Waals surface area (Å²) in [6, 6.07) is 0.421. The minimum absolute atomic E-state index is 0.421. The summed E-state index contributed by atoms with van der Waals surface area (Å²) >= 11 is 1.85. The van der Waals surface area contributed by atoms with Gasteiger partial charge in [0.1, 0.15) is 17.5 Å². The van der Waals surface area contributed by atoms with E-state index in [1.54, 1.807) is 0 Å². The SMILES string of the molecule is CCNc1nc(C2CC2)nc(NC(C)CSC)c1C. The molecule has 1 saturated carbocycles. The van der Waals surface area contributed by atoms with Crippen LogP contribution in [-0.2, 0) is 0 Å². The van der Waals surface area contributed by atoms with Gasteiger partial charge in [-0.05, 0) is 39.9 Å². The van der Waals surface area contributed by atoms with Crippen LogP contribution in [0.5, 0.6) is 0 Å². The topological polar surface area (TPSA) is 49.8 Å². The first-order valence-electron chi connectivity index (χ1n) is 7.03. The molecule has 1 unspecified atom stereocenters. The normalized spacial score (nSPS) is 16.2. The van der Waals surface area contributed by atoms with Gasteiger partial charge in [0.05, 0.1) is 0 Å². The van der Waals surface area contributed by atoms with Crippen LogP contribution in [0, 0.1) is 6.92 Å². The number of rotatable bonds is 7. The van der Waals surface area contributed by atoms with Gasteiger partial charge in [0.2, 0.25) is 0 Å². The van der Waals surface area contributed by atoms with Gasteiger partial charge in [-0.25, -0.2) is 9.97 Å². The van der Waals surface area contributed by atoms with Crippen molar-refractivity contribution in [1.29, 1.82) is 0 Å². The molecule has 1 fully saturated rings. The zero-order chi connectivity index (χ0) is 13.8. The molecule has 1 aliphatic rings. The first-order chi connectivity index (χ1) is 9.15. The van der Waals surface area contributed by atoms with Crippen LogP contribution >= 0.6 is 11.8 Å². The van der Waals surface area contributed by atoms with E-state index in [0.717, 1.165) is 35.3 Å². The molecule has 5 heteroatoms. The highest BCUT2D eigenvalue weighted by Crippen LogP contribution is 2.39. The van der Waals surface area contributed by atoms with Crippen molar-refractivity contribution in [1.82, 2.24) is 9.97 Å². The van der Waals surface area contributed by atoms with E-state index >= 15 is 0 Å². The summed E-state index contributed by atoms with van der Waals surface area (Å²) in [6.45, 7) is 7.27. The summed E-state index contributed by atoms with van der Waals surface area (Å²) in [4.78, 5) is 9.40. The number of hydrogen-bond acceptors (Lipinski definition) is 5. The molecule has 0 spiro atoms. The van der Waals surface area contributed by atoms with Gasteiger partial charge in [0, 0.05) is 29.8 Å². The lowest BCUT2D eigenvalue weighted by molar-refractivity contribution is 0.866. The standard InChI is InChI=1S/C14H24N4S/c1-5-15-12-10(3)13(16-9(2)8-19-4)18-14(17-12)11-6-7-11/h9,11H,5-8H2,1-4H3,(H2,15,16,17,18). The minimum atomic E-state index is 0.421. The summed E-state index contributed by atoms with van der Waals surface area (Å²) in [7, 11) is 0. The molecule has 0 aliphatic heterocycles. The fourth-order valence-electron chi connectivity index (χ4n) is 2.06. The Morgan fingerprint density at radius 3 is 2.58 bits per heavy atom. The highest BCUT2D eigenvalue weighted by Gasteiger charge is 2.28. The third-order valence-corrected chi connectivity index (χ3v) is 4.08. The van der Waals surface area contributed by atoms with Crippen LogP contribution in [0.1, 0.15) is 44.0 Å². The van der Waals surface area contributed by atoms with Crippen molar-refractivity contribution in [3.8, 4) is 0 Å². The second-order valence-corrected chi connectivity index (χ2v) is 6.12. The number of nitrogens with zero attached hydrogens (tertiary/aromatic N) is 2. The first kappa shape index (κ1) is 14.4. The van der Waals surface area contributed by atoms with E-state index in [1.807, 2.05) is 11.8 Å². The van der Waals surface area contributed by atoms with E-state index in [9.17, 15) is 0 Å². The molecule has 1 heterocycles. The van der Waals surface area contributed by atoms with E-state index in [4.69, 9.17) is 4.98 Å². The number of nitrogens with one attached hydrogen (secondary N) is 2. The maximum atomic E-state index is 4.73. The third kappa shape index (κ3) is 3.75. The number of anilines is 2. The molecule has 1 aromatic rings. The van der Waals surface area contributed by atoms with Crippen molar-refractivity contribution in [2.24, 2.45) is 0 Å². The van der Waals surface area contributed by atoms with Crippen molar-refractivity contribution in [2.45, 2.75) is 45.6 Å². The Balaban J connectivity index is 2.23. The lowest BCUT2D eigenvalue weighted by Crippen LogP contribution is -2.20. The summed E-state index contributed by atoms with van der Waals surface area (Å²) in [6.07, 6.45) is 4.59. The van der Waals surface area contributed by atoms with Crippen molar-refractivity contribution in [3.05, 3.63) is 11.4 Å². The van der Waals surface area contributed by atoms with Crippen LogP contribution in [-0.4, -0.2) is 34.6 Å². The van der Waals surface area contributed by atoms with E-state index in [-0.39, 0.29) is 0 Å². The van der Waals surface area contributed by atoms with Gasteiger partial charge in [0.15, 0.2) is 0 Å². The predicted molar refractivity (Wildman–Crippen MR) is 84.4 cm³/mol. The van der Waals surface area contributed by atoms with Gasteiger partial charge in [-0.3, -0.25) is 0 Å². The monoisotopic (exact) mass is 280 g/mol. The zero-order valence-electron chi connectivity index (χ0n) is 12.3. The Morgan fingerprint density at radius 2 is 2.00 bits per heavy atom. The Morgan fingerprint density at radius 1 is 1.32 bits per heavy atom. The Kier molecular flexibility index (Phi) is 4.91. The van der Waals surface area contributed by atoms with E-state index in [1.165, 1.54) is 12.8 Å². The van der Waals surface area contributed by atoms with Crippen LogP contribution in [0.25, 0.3) is 0 Å². The fraction of sp³-hybridized carbons (Fsp3) is 0.714. The smallest absolute Gasteiger partial charge is 0.136 e. The van der Waals surface area contributed by atoms with Crippen LogP contribution < -0.4 is 10.6 Å². The molecular weight excluding hydrogens is 256 g/mol. The lowest BCUT2D eigenvalue weighted by atomic mass is 10.2. The van der Waals surface area contributed by atoms with Crippen LogP contribution in [0.15, 0.2) is 0 Å². The summed E-state index contributed by atoms with van der Waals surface area (Å²) in [5.41, 5.74) is 1.12.